The summed E-state index contributed by atoms with van der Waals surface area (Å²) in [5.41, 5.74) is 1.31. The summed E-state index contributed by atoms with van der Waals surface area (Å²) in [4.78, 5) is 0. The van der Waals surface area contributed by atoms with Crippen molar-refractivity contribution >= 4 is 0 Å². The van der Waals surface area contributed by atoms with Crippen LogP contribution in [0, 0.1) is 19.8 Å². The molecule has 0 aliphatic heterocycles. The highest BCUT2D eigenvalue weighted by Crippen LogP contribution is 2.27. The van der Waals surface area contributed by atoms with Crippen LogP contribution >= 0.6 is 0 Å². The predicted octanol–water partition coefficient (Wildman–Crippen LogP) is 4.13. The minimum atomic E-state index is 0.411. The maximum absolute atomic E-state index is 5.58. The zero-order valence-electron chi connectivity index (χ0n) is 11.4. The average molecular weight is 235 g/mol. The molecule has 1 aliphatic rings. The normalized spacial score (nSPS) is 18.8. The number of furan rings is 1. The van der Waals surface area contributed by atoms with E-state index in [1.807, 2.05) is 6.92 Å². The number of hydrogen-bond acceptors (Lipinski definition) is 2. The lowest BCUT2D eigenvalue weighted by Gasteiger charge is -2.15. The molecule has 1 atom stereocenters. The minimum absolute atomic E-state index is 0.411. The van der Waals surface area contributed by atoms with Gasteiger partial charge in [0.15, 0.2) is 0 Å². The third-order valence-corrected chi connectivity index (χ3v) is 4.02. The lowest BCUT2D eigenvalue weighted by molar-refractivity contribution is 0.448. The molecule has 17 heavy (non-hydrogen) atoms. The summed E-state index contributed by atoms with van der Waals surface area (Å²) < 4.78 is 5.58. The maximum atomic E-state index is 5.58. The van der Waals surface area contributed by atoms with E-state index in [2.05, 4.69) is 25.2 Å². The van der Waals surface area contributed by atoms with Crippen LogP contribution in [-0.2, 0) is 0 Å². The van der Waals surface area contributed by atoms with Gasteiger partial charge < -0.3 is 9.73 Å². The van der Waals surface area contributed by atoms with Crippen LogP contribution in [-0.4, -0.2) is 6.54 Å². The van der Waals surface area contributed by atoms with E-state index in [1.54, 1.807) is 0 Å². The fourth-order valence-corrected chi connectivity index (χ4v) is 2.99. The summed E-state index contributed by atoms with van der Waals surface area (Å²) >= 11 is 0. The van der Waals surface area contributed by atoms with Crippen LogP contribution in [0.4, 0.5) is 0 Å². The smallest absolute Gasteiger partial charge is 0.105 e. The average Bonchev–Trinajstić information content (AvgIpc) is 2.88. The zero-order valence-corrected chi connectivity index (χ0v) is 11.4. The highest BCUT2D eigenvalue weighted by molar-refractivity contribution is 5.23. The number of nitrogens with one attached hydrogen (secondary N) is 1. The highest BCUT2D eigenvalue weighted by atomic mass is 16.3. The first-order valence-electron chi connectivity index (χ1n) is 6.97. The molecule has 0 amide bonds. The predicted molar refractivity (Wildman–Crippen MR) is 71.2 cm³/mol. The van der Waals surface area contributed by atoms with E-state index < -0.39 is 0 Å². The van der Waals surface area contributed by atoms with Crippen LogP contribution in [0.3, 0.4) is 0 Å². The first-order chi connectivity index (χ1) is 8.16. The van der Waals surface area contributed by atoms with E-state index >= 15 is 0 Å². The van der Waals surface area contributed by atoms with E-state index in [4.69, 9.17) is 4.42 Å². The summed E-state index contributed by atoms with van der Waals surface area (Å²) in [7, 11) is 0. The van der Waals surface area contributed by atoms with Gasteiger partial charge in [0.25, 0.3) is 0 Å². The molecule has 0 aromatic carbocycles. The van der Waals surface area contributed by atoms with Gasteiger partial charge in [0.05, 0.1) is 0 Å². The molecule has 2 nitrogen and oxygen atoms in total. The quantitative estimate of drug-likeness (QED) is 0.830. The molecule has 0 saturated heterocycles. The van der Waals surface area contributed by atoms with Gasteiger partial charge in [-0.2, -0.15) is 0 Å². The van der Waals surface area contributed by atoms with Crippen LogP contribution in [0.2, 0.25) is 0 Å². The summed E-state index contributed by atoms with van der Waals surface area (Å²) in [5, 5.41) is 3.62. The van der Waals surface area contributed by atoms with Crippen molar-refractivity contribution in [3.63, 3.8) is 0 Å². The van der Waals surface area contributed by atoms with Crippen molar-refractivity contribution in [1.29, 1.82) is 0 Å². The molecule has 0 bridgehead atoms. The monoisotopic (exact) mass is 235 g/mol. The van der Waals surface area contributed by atoms with Crippen LogP contribution < -0.4 is 5.32 Å². The Morgan fingerprint density at radius 3 is 2.65 bits per heavy atom. The minimum Gasteiger partial charge on any atom is -0.466 e. The molecule has 1 aromatic rings. The van der Waals surface area contributed by atoms with E-state index in [9.17, 15) is 0 Å². The second-order valence-corrected chi connectivity index (χ2v) is 5.48. The molecule has 96 valence electrons. The van der Waals surface area contributed by atoms with Gasteiger partial charge in [-0.3, -0.25) is 0 Å². The Hall–Kier alpha value is -0.760. The molecule has 1 heterocycles. The van der Waals surface area contributed by atoms with Crippen molar-refractivity contribution in [3.8, 4) is 0 Å². The van der Waals surface area contributed by atoms with E-state index in [1.165, 1.54) is 37.7 Å². The molecule has 1 aliphatic carbocycles. The first-order valence-corrected chi connectivity index (χ1v) is 6.97. The van der Waals surface area contributed by atoms with Gasteiger partial charge in [0.1, 0.15) is 11.5 Å². The first kappa shape index (κ1) is 12.7. The van der Waals surface area contributed by atoms with Crippen molar-refractivity contribution in [1.82, 2.24) is 5.32 Å². The molecular weight excluding hydrogens is 210 g/mol. The molecule has 0 radical (unpaired) electrons. The number of rotatable bonds is 5. The fourth-order valence-electron chi connectivity index (χ4n) is 2.99. The zero-order chi connectivity index (χ0) is 12.3. The van der Waals surface area contributed by atoms with Gasteiger partial charge in [0, 0.05) is 11.6 Å². The van der Waals surface area contributed by atoms with Gasteiger partial charge in [-0.05, 0) is 45.7 Å². The van der Waals surface area contributed by atoms with Gasteiger partial charge in [-0.1, -0.05) is 25.7 Å². The Labute approximate surface area is 105 Å². The van der Waals surface area contributed by atoms with E-state index in [0.717, 1.165) is 24.0 Å². The highest BCUT2D eigenvalue weighted by Gasteiger charge is 2.16. The molecular formula is C15H25NO. The Bertz CT molecular complexity index is 350. The Balaban J connectivity index is 1.76. The molecule has 2 heteroatoms. The van der Waals surface area contributed by atoms with Crippen molar-refractivity contribution in [2.24, 2.45) is 5.92 Å². The fraction of sp³-hybridized carbons (Fsp3) is 0.733. The third kappa shape index (κ3) is 3.35. The molecule has 1 fully saturated rings. The SMILES string of the molecule is Cc1cc(C(C)NCCC2CCCC2)c(C)o1. The standard InChI is InChI=1S/C15H25NO/c1-11-10-15(13(3)17-11)12(2)16-9-8-14-6-4-5-7-14/h10,12,14,16H,4-9H2,1-3H3. The van der Waals surface area contributed by atoms with Gasteiger partial charge in [-0.15, -0.1) is 0 Å². The summed E-state index contributed by atoms with van der Waals surface area (Å²) in [5.74, 6) is 3.05. The summed E-state index contributed by atoms with van der Waals surface area (Å²) in [6, 6.07) is 2.57. The molecule has 1 unspecified atom stereocenters. The molecule has 1 saturated carbocycles. The number of aryl methyl sites for hydroxylation is 2. The van der Waals surface area contributed by atoms with Gasteiger partial charge in [0.2, 0.25) is 0 Å². The Morgan fingerprint density at radius 2 is 2.06 bits per heavy atom. The molecule has 2 rings (SSSR count). The Kier molecular flexibility index (Phi) is 4.27. The molecule has 0 spiro atoms. The van der Waals surface area contributed by atoms with Crippen LogP contribution in [0.1, 0.15) is 62.2 Å². The van der Waals surface area contributed by atoms with Crippen molar-refractivity contribution < 1.29 is 4.42 Å². The number of hydrogen-bond donors (Lipinski definition) is 1. The summed E-state index contributed by atoms with van der Waals surface area (Å²) in [6.45, 7) is 7.43. The third-order valence-electron chi connectivity index (χ3n) is 4.02. The van der Waals surface area contributed by atoms with Crippen LogP contribution in [0.5, 0.6) is 0 Å². The van der Waals surface area contributed by atoms with Crippen LogP contribution in [0.15, 0.2) is 10.5 Å². The molecule has 1 aromatic heterocycles. The van der Waals surface area contributed by atoms with Crippen molar-refractivity contribution in [3.05, 3.63) is 23.2 Å². The van der Waals surface area contributed by atoms with Crippen molar-refractivity contribution in [2.45, 2.75) is 58.9 Å². The van der Waals surface area contributed by atoms with E-state index in [-0.39, 0.29) is 0 Å². The molecule has 1 N–H and O–H groups in total. The van der Waals surface area contributed by atoms with Crippen molar-refractivity contribution in [2.75, 3.05) is 6.54 Å². The lowest BCUT2D eigenvalue weighted by Crippen LogP contribution is -2.21. The van der Waals surface area contributed by atoms with Gasteiger partial charge >= 0.3 is 0 Å². The Morgan fingerprint density at radius 1 is 1.35 bits per heavy atom. The van der Waals surface area contributed by atoms with E-state index in [0.29, 0.717) is 6.04 Å². The topological polar surface area (TPSA) is 25.2 Å². The van der Waals surface area contributed by atoms with Crippen LogP contribution in [0.25, 0.3) is 0 Å². The second kappa shape index (κ2) is 5.72. The maximum Gasteiger partial charge on any atom is 0.105 e. The summed E-state index contributed by atoms with van der Waals surface area (Å²) in [6.07, 6.45) is 7.11. The second-order valence-electron chi connectivity index (χ2n) is 5.48. The largest absolute Gasteiger partial charge is 0.466 e. The van der Waals surface area contributed by atoms with Gasteiger partial charge in [-0.25, -0.2) is 0 Å². The lowest BCUT2D eigenvalue weighted by atomic mass is 10.0.